The van der Waals surface area contributed by atoms with Gasteiger partial charge in [-0.15, -0.1) is 0 Å². The molecule has 0 aliphatic heterocycles. The van der Waals surface area contributed by atoms with E-state index < -0.39 is 23.5 Å². The van der Waals surface area contributed by atoms with Crippen molar-refractivity contribution in [2.24, 2.45) is 5.92 Å². The molecule has 2 amide bonds. The fourth-order valence-electron chi connectivity index (χ4n) is 3.93. The van der Waals surface area contributed by atoms with Crippen LogP contribution in [0.5, 0.6) is 0 Å². The van der Waals surface area contributed by atoms with Gasteiger partial charge in [-0.3, -0.25) is 24.2 Å². The molecule has 1 unspecified atom stereocenters. The fourth-order valence-corrected chi connectivity index (χ4v) is 6.18. The molecule has 0 saturated carbocycles. The molecule has 3 aromatic rings. The lowest BCUT2D eigenvalue weighted by Crippen LogP contribution is -2.41. The molecule has 0 spiro atoms. The first-order valence-electron chi connectivity index (χ1n) is 14.4. The number of carbonyl (C=O) groups excluding carboxylic acids is 3. The smallest absolute Gasteiger partial charge is 0.326 e. The number of carbonyl (C=O) groups is 4. The first-order chi connectivity index (χ1) is 21.4. The summed E-state index contributed by atoms with van der Waals surface area (Å²) >= 11 is 0. The third-order valence-corrected chi connectivity index (χ3v) is 9.52. The Bertz CT molecular complexity index is 1550. The lowest BCUT2D eigenvalue weighted by atomic mass is 10.0. The summed E-state index contributed by atoms with van der Waals surface area (Å²) in [7, 11) is 3.29. The van der Waals surface area contributed by atoms with E-state index >= 15 is 0 Å². The highest BCUT2D eigenvalue weighted by Crippen LogP contribution is 2.29. The molecule has 3 rings (SSSR count). The maximum atomic E-state index is 12.7. The second kappa shape index (κ2) is 17.3. The number of amides is 2. The Morgan fingerprint density at radius 3 is 2.47 bits per heavy atom. The Morgan fingerprint density at radius 2 is 1.78 bits per heavy atom. The number of rotatable bonds is 18. The lowest BCUT2D eigenvalue weighted by Gasteiger charge is -2.15. The molecular weight excluding hydrogens is 621 g/mol. The van der Waals surface area contributed by atoms with Gasteiger partial charge in [0, 0.05) is 47.6 Å². The Labute approximate surface area is 267 Å². The number of aliphatic carboxylic acids is 1. The fraction of sp³-hybridized carbons (Fsp3) is 0.448. The Balaban J connectivity index is 1.38. The van der Waals surface area contributed by atoms with Gasteiger partial charge in [0.05, 0.1) is 18.4 Å². The monoisotopic (exact) mass is 658 g/mol. The topological polar surface area (TPSA) is 222 Å². The van der Waals surface area contributed by atoms with Crippen LogP contribution in [-0.4, -0.2) is 72.2 Å². The van der Waals surface area contributed by atoms with Crippen molar-refractivity contribution in [1.82, 2.24) is 30.6 Å². The number of benzene rings is 1. The summed E-state index contributed by atoms with van der Waals surface area (Å²) in [5, 5.41) is 18.3. The molecule has 0 bridgehead atoms. The number of carboxylic acids is 1. The first kappa shape index (κ1) is 35.3. The number of nitrogens with zero attached hydrogens (tertiary/aromatic N) is 3. The molecule has 2 atom stereocenters. The van der Waals surface area contributed by atoms with Crippen molar-refractivity contribution in [3.63, 3.8) is 0 Å². The number of nitrogens with one attached hydrogen (secondary N) is 4. The van der Waals surface area contributed by atoms with Crippen LogP contribution >= 0.6 is 21.6 Å². The molecule has 2 heterocycles. The molecule has 1 aromatic carbocycles. The molecule has 242 valence electrons. The summed E-state index contributed by atoms with van der Waals surface area (Å²) in [6, 6.07) is 5.12. The van der Waals surface area contributed by atoms with E-state index in [0.717, 1.165) is 6.42 Å². The summed E-state index contributed by atoms with van der Waals surface area (Å²) in [6.07, 6.45) is 2.72. The highest BCUT2D eigenvalue weighted by molar-refractivity contribution is 8.76. The molecule has 0 aliphatic carbocycles. The zero-order valence-corrected chi connectivity index (χ0v) is 26.9. The van der Waals surface area contributed by atoms with Crippen molar-refractivity contribution in [1.29, 1.82) is 0 Å². The minimum atomic E-state index is -1.24. The van der Waals surface area contributed by atoms with Crippen LogP contribution in [-0.2, 0) is 20.9 Å². The Morgan fingerprint density at radius 1 is 1.04 bits per heavy atom. The predicted molar refractivity (Wildman–Crippen MR) is 176 cm³/mol. The highest BCUT2D eigenvalue weighted by Gasteiger charge is 2.22. The number of carboxylic acid groups (broad SMARTS) is 1. The zero-order chi connectivity index (χ0) is 32.9. The summed E-state index contributed by atoms with van der Waals surface area (Å²) in [4.78, 5) is 75.2. The molecule has 0 aliphatic rings. The van der Waals surface area contributed by atoms with E-state index in [1.165, 1.54) is 18.3 Å². The molecule has 0 radical (unpaired) electrons. The lowest BCUT2D eigenvalue weighted by molar-refractivity contribution is -0.139. The van der Waals surface area contributed by atoms with E-state index in [0.29, 0.717) is 35.3 Å². The van der Waals surface area contributed by atoms with E-state index in [1.54, 1.807) is 33.7 Å². The number of aromatic amines is 1. The molecule has 7 N–H and O–H groups in total. The number of nitrogens with two attached hydrogens (primary N) is 1. The van der Waals surface area contributed by atoms with Crippen molar-refractivity contribution in [2.75, 3.05) is 23.3 Å². The second-order valence-electron chi connectivity index (χ2n) is 10.6. The number of fused-ring (bicyclic) bond motifs is 1. The second-order valence-corrected chi connectivity index (χ2v) is 13.5. The standard InChI is InChI=1S/C29H38N8O6S2/c1-16(2)22(38)10-4-17(3)45-44-13-12-31-23(39)11-9-21(28(42)43)35-26(40)18-5-7-19(8-6-18)32-14-20-15-33-25-24(34-20)27(41)37-29(30)36-25/h5-8,15-17,21,32H,4,9-14H2,1-3H3,(H,31,39)(H,35,40)(H,42,43)(H3,30,33,36,37,41)/t17?,21-/m0/s1. The van der Waals surface area contributed by atoms with Gasteiger partial charge in [-0.2, -0.15) is 4.98 Å². The van der Waals surface area contributed by atoms with Gasteiger partial charge >= 0.3 is 5.97 Å². The van der Waals surface area contributed by atoms with Crippen molar-refractivity contribution in [3.05, 3.63) is 52.1 Å². The van der Waals surface area contributed by atoms with Crippen molar-refractivity contribution in [2.45, 2.75) is 64.3 Å². The summed E-state index contributed by atoms with van der Waals surface area (Å²) in [5.74, 6) is -1.19. The zero-order valence-electron chi connectivity index (χ0n) is 25.3. The molecular formula is C29H38N8O6S2. The van der Waals surface area contributed by atoms with E-state index in [-0.39, 0.29) is 59.7 Å². The Hall–Kier alpha value is -4.18. The van der Waals surface area contributed by atoms with Crippen LogP contribution < -0.4 is 27.2 Å². The average molecular weight is 659 g/mol. The third-order valence-electron chi connectivity index (χ3n) is 6.55. The van der Waals surface area contributed by atoms with E-state index in [1.807, 2.05) is 13.8 Å². The van der Waals surface area contributed by atoms with Gasteiger partial charge in [0.2, 0.25) is 11.9 Å². The maximum Gasteiger partial charge on any atom is 0.326 e. The van der Waals surface area contributed by atoms with Crippen molar-refractivity contribution in [3.8, 4) is 0 Å². The van der Waals surface area contributed by atoms with Crippen molar-refractivity contribution < 1.29 is 24.3 Å². The molecule has 2 aromatic heterocycles. The number of hydrogen-bond donors (Lipinski definition) is 6. The summed E-state index contributed by atoms with van der Waals surface area (Å²) < 4.78 is 0. The van der Waals surface area contributed by atoms with Crippen LogP contribution in [0.3, 0.4) is 0 Å². The van der Waals surface area contributed by atoms with Gasteiger partial charge < -0.3 is 26.8 Å². The highest BCUT2D eigenvalue weighted by atomic mass is 33.1. The average Bonchev–Trinajstić information content (AvgIpc) is 3.00. The number of hydrogen-bond acceptors (Lipinski definition) is 12. The molecule has 0 fully saturated rings. The van der Waals surface area contributed by atoms with Crippen LogP contribution in [0.4, 0.5) is 11.6 Å². The van der Waals surface area contributed by atoms with Gasteiger partial charge in [-0.05, 0) is 37.1 Å². The van der Waals surface area contributed by atoms with Crippen LogP contribution in [0, 0.1) is 5.92 Å². The largest absolute Gasteiger partial charge is 0.480 e. The van der Waals surface area contributed by atoms with Gasteiger partial charge in [0.25, 0.3) is 11.5 Å². The minimum Gasteiger partial charge on any atom is -0.480 e. The number of aromatic nitrogens is 4. The molecule has 16 heteroatoms. The summed E-state index contributed by atoms with van der Waals surface area (Å²) in [5.41, 5.74) is 6.60. The molecule has 14 nitrogen and oxygen atoms in total. The van der Waals surface area contributed by atoms with Crippen molar-refractivity contribution >= 4 is 68.0 Å². The van der Waals surface area contributed by atoms with Gasteiger partial charge in [0.1, 0.15) is 11.8 Å². The summed E-state index contributed by atoms with van der Waals surface area (Å²) in [6.45, 7) is 6.53. The van der Waals surface area contributed by atoms with Crippen LogP contribution in [0.2, 0.25) is 0 Å². The first-order valence-corrected chi connectivity index (χ1v) is 16.8. The molecule has 45 heavy (non-hydrogen) atoms. The van der Waals surface area contributed by atoms with Gasteiger partial charge in [0.15, 0.2) is 11.2 Å². The van der Waals surface area contributed by atoms with Crippen LogP contribution in [0.15, 0.2) is 35.3 Å². The Kier molecular flexibility index (Phi) is 13.6. The van der Waals surface area contributed by atoms with Crippen LogP contribution in [0.1, 0.15) is 62.5 Å². The normalized spacial score (nSPS) is 12.4. The third kappa shape index (κ3) is 11.7. The number of ketones is 1. The quantitative estimate of drug-likeness (QED) is 0.0856. The minimum absolute atomic E-state index is 0.0492. The maximum absolute atomic E-state index is 12.7. The van der Waals surface area contributed by atoms with Gasteiger partial charge in [-0.25, -0.2) is 14.8 Å². The van der Waals surface area contributed by atoms with Crippen LogP contribution in [0.25, 0.3) is 11.2 Å². The van der Waals surface area contributed by atoms with E-state index in [9.17, 15) is 29.1 Å². The number of H-pyrrole nitrogens is 1. The number of nitrogen functional groups attached to an aromatic ring is 1. The van der Waals surface area contributed by atoms with E-state index in [4.69, 9.17) is 5.73 Å². The van der Waals surface area contributed by atoms with Gasteiger partial charge in [-0.1, -0.05) is 42.4 Å². The SMILES string of the molecule is CC(CCC(=O)C(C)C)SSCCNC(=O)CC[C@H](NC(=O)c1ccc(NCc2cnc3nc(N)[nH]c(=O)c3n2)cc1)C(=O)O. The number of Topliss-reactive ketones (excluding diaryl/α,β-unsaturated/α-hetero) is 1. The predicted octanol–water partition coefficient (Wildman–Crippen LogP) is 2.76. The van der Waals surface area contributed by atoms with E-state index in [2.05, 4.69) is 42.8 Å². The molecule has 0 saturated heterocycles. The number of anilines is 2.